The SMILES string of the molecule is C=C1C(=O)C(OCC)=CC1CC. The maximum Gasteiger partial charge on any atom is 0.223 e. The first-order valence-electron chi connectivity index (χ1n) is 4.28. The van der Waals surface area contributed by atoms with Gasteiger partial charge < -0.3 is 4.74 Å². The Balaban J connectivity index is 2.76. The van der Waals surface area contributed by atoms with Crippen LogP contribution >= 0.6 is 0 Å². The molecule has 0 amide bonds. The van der Waals surface area contributed by atoms with Crippen molar-refractivity contribution in [1.29, 1.82) is 0 Å². The lowest BCUT2D eigenvalue weighted by atomic mass is 10.0. The maximum atomic E-state index is 11.4. The molecule has 0 aliphatic heterocycles. The normalized spacial score (nSPS) is 22.8. The maximum absolute atomic E-state index is 11.4. The largest absolute Gasteiger partial charge is 0.490 e. The topological polar surface area (TPSA) is 26.3 Å². The van der Waals surface area contributed by atoms with E-state index < -0.39 is 0 Å². The number of Topliss-reactive ketones (excluding diaryl/α,β-unsaturated/α-hetero) is 1. The Kier molecular flexibility index (Phi) is 2.69. The number of rotatable bonds is 3. The van der Waals surface area contributed by atoms with Crippen LogP contribution < -0.4 is 0 Å². The Morgan fingerprint density at radius 2 is 2.25 bits per heavy atom. The summed E-state index contributed by atoms with van der Waals surface area (Å²) in [6.07, 6.45) is 2.79. The van der Waals surface area contributed by atoms with Gasteiger partial charge >= 0.3 is 0 Å². The van der Waals surface area contributed by atoms with Crippen molar-refractivity contribution in [3.8, 4) is 0 Å². The Hall–Kier alpha value is -1.05. The summed E-state index contributed by atoms with van der Waals surface area (Å²) in [6, 6.07) is 0. The quantitative estimate of drug-likeness (QED) is 0.600. The van der Waals surface area contributed by atoms with Crippen LogP contribution in [0.4, 0.5) is 0 Å². The number of carbonyl (C=O) groups excluding carboxylic acids is 1. The van der Waals surface area contributed by atoms with Crippen molar-refractivity contribution in [2.24, 2.45) is 5.92 Å². The third kappa shape index (κ3) is 1.42. The third-order valence-electron chi connectivity index (χ3n) is 2.06. The van der Waals surface area contributed by atoms with Crippen molar-refractivity contribution < 1.29 is 9.53 Å². The number of allylic oxidation sites excluding steroid dienone is 2. The van der Waals surface area contributed by atoms with Gasteiger partial charge in [-0.1, -0.05) is 13.5 Å². The molecule has 1 rings (SSSR count). The number of ether oxygens (including phenoxy) is 1. The van der Waals surface area contributed by atoms with Crippen LogP contribution in [0, 0.1) is 5.92 Å². The van der Waals surface area contributed by atoms with Crippen molar-refractivity contribution >= 4 is 5.78 Å². The summed E-state index contributed by atoms with van der Waals surface area (Å²) in [5, 5.41) is 0. The summed E-state index contributed by atoms with van der Waals surface area (Å²) >= 11 is 0. The molecule has 0 heterocycles. The molecule has 1 aliphatic carbocycles. The standard InChI is InChI=1S/C10H14O2/c1-4-8-6-9(12-5-2)10(11)7(8)3/h6,8H,3-5H2,1-2H3. The molecule has 0 radical (unpaired) electrons. The van der Waals surface area contributed by atoms with E-state index in [0.29, 0.717) is 17.9 Å². The highest BCUT2D eigenvalue weighted by Crippen LogP contribution is 2.28. The summed E-state index contributed by atoms with van der Waals surface area (Å²) in [6.45, 7) is 8.19. The summed E-state index contributed by atoms with van der Waals surface area (Å²) in [5.41, 5.74) is 0.668. The minimum Gasteiger partial charge on any atom is -0.490 e. The van der Waals surface area contributed by atoms with E-state index in [-0.39, 0.29) is 11.7 Å². The fourth-order valence-corrected chi connectivity index (χ4v) is 1.32. The van der Waals surface area contributed by atoms with Gasteiger partial charge in [0.1, 0.15) is 0 Å². The highest BCUT2D eigenvalue weighted by Gasteiger charge is 2.27. The molecule has 0 aromatic heterocycles. The van der Waals surface area contributed by atoms with Crippen molar-refractivity contribution in [3.05, 3.63) is 24.0 Å². The molecule has 1 aliphatic rings. The molecule has 66 valence electrons. The van der Waals surface area contributed by atoms with Crippen LogP contribution in [-0.4, -0.2) is 12.4 Å². The first-order chi connectivity index (χ1) is 5.70. The zero-order chi connectivity index (χ0) is 9.14. The monoisotopic (exact) mass is 166 g/mol. The van der Waals surface area contributed by atoms with E-state index in [1.54, 1.807) is 0 Å². The van der Waals surface area contributed by atoms with E-state index in [1.165, 1.54) is 0 Å². The molecule has 2 nitrogen and oxygen atoms in total. The minimum atomic E-state index is -0.0244. The van der Waals surface area contributed by atoms with Gasteiger partial charge in [-0.2, -0.15) is 0 Å². The summed E-state index contributed by atoms with van der Waals surface area (Å²) < 4.78 is 5.17. The van der Waals surface area contributed by atoms with Gasteiger partial charge in [-0.25, -0.2) is 0 Å². The molecule has 0 fully saturated rings. The fraction of sp³-hybridized carbons (Fsp3) is 0.500. The lowest BCUT2D eigenvalue weighted by Crippen LogP contribution is -2.04. The van der Waals surface area contributed by atoms with Crippen LogP contribution in [0.1, 0.15) is 20.3 Å². The van der Waals surface area contributed by atoms with Crippen LogP contribution in [0.5, 0.6) is 0 Å². The molecule has 0 saturated carbocycles. The van der Waals surface area contributed by atoms with Crippen molar-refractivity contribution in [3.63, 3.8) is 0 Å². The lowest BCUT2D eigenvalue weighted by molar-refractivity contribution is -0.115. The van der Waals surface area contributed by atoms with Crippen LogP contribution in [0.2, 0.25) is 0 Å². The first-order valence-corrected chi connectivity index (χ1v) is 4.28. The number of ketones is 1. The Morgan fingerprint density at radius 3 is 2.67 bits per heavy atom. The van der Waals surface area contributed by atoms with E-state index in [9.17, 15) is 4.79 Å². The van der Waals surface area contributed by atoms with Crippen molar-refractivity contribution in [2.75, 3.05) is 6.61 Å². The van der Waals surface area contributed by atoms with Crippen molar-refractivity contribution in [1.82, 2.24) is 0 Å². The third-order valence-corrected chi connectivity index (χ3v) is 2.06. The summed E-state index contributed by atoms with van der Waals surface area (Å²) in [7, 11) is 0. The van der Waals surface area contributed by atoms with E-state index in [1.807, 2.05) is 19.9 Å². The number of hydrogen-bond donors (Lipinski definition) is 0. The zero-order valence-corrected chi connectivity index (χ0v) is 7.59. The molecule has 0 saturated heterocycles. The number of hydrogen-bond acceptors (Lipinski definition) is 2. The number of carbonyl (C=O) groups is 1. The molecule has 0 bridgehead atoms. The molecule has 0 spiro atoms. The zero-order valence-electron chi connectivity index (χ0n) is 7.59. The second-order valence-corrected chi connectivity index (χ2v) is 2.83. The predicted octanol–water partition coefficient (Wildman–Crippen LogP) is 2.07. The smallest absolute Gasteiger partial charge is 0.223 e. The van der Waals surface area contributed by atoms with Crippen LogP contribution in [0.3, 0.4) is 0 Å². The van der Waals surface area contributed by atoms with E-state index in [2.05, 4.69) is 6.58 Å². The van der Waals surface area contributed by atoms with Gasteiger partial charge in [-0.15, -0.1) is 0 Å². The van der Waals surface area contributed by atoms with Gasteiger partial charge in [0, 0.05) is 11.5 Å². The Labute approximate surface area is 72.9 Å². The van der Waals surface area contributed by atoms with Gasteiger partial charge in [0.05, 0.1) is 6.61 Å². The molecule has 0 N–H and O–H groups in total. The van der Waals surface area contributed by atoms with Crippen molar-refractivity contribution in [2.45, 2.75) is 20.3 Å². The first kappa shape index (κ1) is 9.04. The van der Waals surface area contributed by atoms with Crippen LogP contribution in [0.25, 0.3) is 0 Å². The molecule has 0 aromatic rings. The minimum absolute atomic E-state index is 0.0244. The molecule has 1 unspecified atom stereocenters. The van der Waals surface area contributed by atoms with Crippen LogP contribution in [0.15, 0.2) is 24.0 Å². The molecule has 0 aromatic carbocycles. The highest BCUT2D eigenvalue weighted by molar-refractivity contribution is 6.09. The van der Waals surface area contributed by atoms with Gasteiger partial charge in [0.2, 0.25) is 5.78 Å². The molecular weight excluding hydrogens is 152 g/mol. The fourth-order valence-electron chi connectivity index (χ4n) is 1.32. The van der Waals surface area contributed by atoms with Crippen LogP contribution in [-0.2, 0) is 9.53 Å². The highest BCUT2D eigenvalue weighted by atomic mass is 16.5. The molecule has 2 heteroatoms. The van der Waals surface area contributed by atoms with E-state index in [4.69, 9.17) is 4.74 Å². The predicted molar refractivity (Wildman–Crippen MR) is 47.6 cm³/mol. The van der Waals surface area contributed by atoms with E-state index >= 15 is 0 Å². The van der Waals surface area contributed by atoms with E-state index in [0.717, 1.165) is 6.42 Å². The van der Waals surface area contributed by atoms with Gasteiger partial charge in [-0.05, 0) is 19.4 Å². The second kappa shape index (κ2) is 3.57. The molecule has 1 atom stereocenters. The lowest BCUT2D eigenvalue weighted by Gasteiger charge is -2.01. The van der Waals surface area contributed by atoms with Gasteiger partial charge in [-0.3, -0.25) is 4.79 Å². The average molecular weight is 166 g/mol. The average Bonchev–Trinajstić information content (AvgIpc) is 2.33. The van der Waals surface area contributed by atoms with Gasteiger partial charge in [0.15, 0.2) is 5.76 Å². The Morgan fingerprint density at radius 1 is 1.58 bits per heavy atom. The summed E-state index contributed by atoms with van der Waals surface area (Å²) in [4.78, 5) is 11.4. The Bertz CT molecular complexity index is 238. The molecule has 12 heavy (non-hydrogen) atoms. The van der Waals surface area contributed by atoms with Gasteiger partial charge in [0.25, 0.3) is 0 Å². The molecular formula is C10H14O2. The second-order valence-electron chi connectivity index (χ2n) is 2.83. The summed E-state index contributed by atoms with van der Waals surface area (Å²) in [5.74, 6) is 0.650.